The predicted molar refractivity (Wildman–Crippen MR) is 44.3 cm³/mol. The fraction of sp³-hybridized carbons (Fsp3) is 1.00. The Balaban J connectivity index is 2.38. The topological polar surface area (TPSA) is 4.44 Å². The van der Waals surface area contributed by atoms with E-state index < -0.39 is 0 Å². The van der Waals surface area contributed by atoms with Crippen LogP contribution in [0, 0.1) is 5.41 Å². The molecule has 10 heavy (non-hydrogen) atoms. The molecule has 0 radical (unpaired) electrons. The normalized spacial score (nSPS) is 41.7. The SMILES string of the molecule is CCC1(C)CC[NH+](C)CC1. The third-order valence-electron chi connectivity index (χ3n) is 3.16. The molecule has 1 nitrogen and oxygen atoms in total. The monoisotopic (exact) mass is 142 g/mol. The summed E-state index contributed by atoms with van der Waals surface area (Å²) in [6.07, 6.45) is 4.21. The molecule has 0 atom stereocenters. The molecule has 1 aliphatic heterocycles. The average Bonchev–Trinajstić information content (AvgIpc) is 1.96. The van der Waals surface area contributed by atoms with Gasteiger partial charge >= 0.3 is 0 Å². The van der Waals surface area contributed by atoms with E-state index in [1.165, 1.54) is 32.4 Å². The molecule has 0 bridgehead atoms. The summed E-state index contributed by atoms with van der Waals surface area (Å²) in [4.78, 5) is 1.71. The Morgan fingerprint density at radius 2 is 1.80 bits per heavy atom. The van der Waals surface area contributed by atoms with Gasteiger partial charge in [0.25, 0.3) is 0 Å². The minimum atomic E-state index is 0.680. The molecule has 0 unspecified atom stereocenters. The average molecular weight is 142 g/mol. The van der Waals surface area contributed by atoms with Gasteiger partial charge in [-0.3, -0.25) is 0 Å². The van der Waals surface area contributed by atoms with E-state index in [4.69, 9.17) is 0 Å². The van der Waals surface area contributed by atoms with Crippen LogP contribution in [0.2, 0.25) is 0 Å². The second-order valence-corrected chi connectivity index (χ2v) is 4.12. The highest BCUT2D eigenvalue weighted by Crippen LogP contribution is 2.29. The highest BCUT2D eigenvalue weighted by atomic mass is 15.1. The van der Waals surface area contributed by atoms with E-state index in [0.717, 1.165) is 0 Å². The van der Waals surface area contributed by atoms with Crippen molar-refractivity contribution in [2.45, 2.75) is 33.1 Å². The second kappa shape index (κ2) is 2.91. The van der Waals surface area contributed by atoms with Gasteiger partial charge in [-0.1, -0.05) is 20.3 Å². The smallest absolute Gasteiger partial charge is 0.0774 e. The van der Waals surface area contributed by atoms with Crippen molar-refractivity contribution in [3.8, 4) is 0 Å². The van der Waals surface area contributed by atoms with Crippen molar-refractivity contribution < 1.29 is 4.90 Å². The molecular formula is C9H20N+. The first-order valence-corrected chi connectivity index (χ1v) is 4.47. The Bertz CT molecular complexity index is 101. The molecule has 0 aromatic heterocycles. The van der Waals surface area contributed by atoms with Crippen molar-refractivity contribution in [2.24, 2.45) is 5.41 Å². The van der Waals surface area contributed by atoms with Gasteiger partial charge in [0, 0.05) is 12.8 Å². The van der Waals surface area contributed by atoms with E-state index in [0.29, 0.717) is 5.41 Å². The minimum absolute atomic E-state index is 0.680. The van der Waals surface area contributed by atoms with Crippen molar-refractivity contribution in [1.29, 1.82) is 0 Å². The van der Waals surface area contributed by atoms with E-state index in [2.05, 4.69) is 20.9 Å². The lowest BCUT2D eigenvalue weighted by molar-refractivity contribution is -0.887. The van der Waals surface area contributed by atoms with Gasteiger partial charge < -0.3 is 4.90 Å². The Morgan fingerprint density at radius 1 is 1.30 bits per heavy atom. The van der Waals surface area contributed by atoms with Gasteiger partial charge in [-0.05, 0) is 5.41 Å². The second-order valence-electron chi connectivity index (χ2n) is 4.12. The summed E-state index contributed by atoms with van der Waals surface area (Å²) >= 11 is 0. The van der Waals surface area contributed by atoms with Crippen molar-refractivity contribution >= 4 is 0 Å². The fourth-order valence-electron chi connectivity index (χ4n) is 1.63. The predicted octanol–water partition coefficient (Wildman–Crippen LogP) is 0.711. The van der Waals surface area contributed by atoms with Crippen molar-refractivity contribution in [2.75, 3.05) is 20.1 Å². The maximum absolute atomic E-state index is 2.43. The third-order valence-corrected chi connectivity index (χ3v) is 3.16. The highest BCUT2D eigenvalue weighted by Gasteiger charge is 2.28. The van der Waals surface area contributed by atoms with Crippen LogP contribution in [0.5, 0.6) is 0 Å². The zero-order valence-corrected chi connectivity index (χ0v) is 7.54. The maximum Gasteiger partial charge on any atom is 0.0774 e. The van der Waals surface area contributed by atoms with Crippen molar-refractivity contribution in [3.05, 3.63) is 0 Å². The molecule has 1 fully saturated rings. The van der Waals surface area contributed by atoms with E-state index in [1.54, 1.807) is 4.90 Å². The number of nitrogens with one attached hydrogen (secondary N) is 1. The van der Waals surface area contributed by atoms with Gasteiger partial charge in [0.05, 0.1) is 20.1 Å². The molecule has 0 aromatic carbocycles. The molecule has 60 valence electrons. The molecule has 0 aromatic rings. The quantitative estimate of drug-likeness (QED) is 0.550. The van der Waals surface area contributed by atoms with Crippen molar-refractivity contribution in [3.63, 3.8) is 0 Å². The van der Waals surface area contributed by atoms with Gasteiger partial charge in [-0.15, -0.1) is 0 Å². The van der Waals surface area contributed by atoms with E-state index in [1.807, 2.05) is 0 Å². The van der Waals surface area contributed by atoms with Crippen LogP contribution in [0.1, 0.15) is 33.1 Å². The standard InChI is InChI=1S/C9H19N/c1-4-9(2)5-7-10(3)8-6-9/h4-8H2,1-3H3/p+1. The zero-order valence-electron chi connectivity index (χ0n) is 7.54. The number of hydrogen-bond acceptors (Lipinski definition) is 0. The highest BCUT2D eigenvalue weighted by molar-refractivity contribution is 4.73. The van der Waals surface area contributed by atoms with E-state index in [-0.39, 0.29) is 0 Å². The summed E-state index contributed by atoms with van der Waals surface area (Å²) in [5.41, 5.74) is 0.680. The largest absolute Gasteiger partial charge is 0.337 e. The van der Waals surface area contributed by atoms with E-state index >= 15 is 0 Å². The first-order chi connectivity index (χ1) is 4.66. The van der Waals surface area contributed by atoms with Gasteiger partial charge in [0.15, 0.2) is 0 Å². The first-order valence-electron chi connectivity index (χ1n) is 4.47. The molecule has 1 aliphatic rings. The van der Waals surface area contributed by atoms with Gasteiger partial charge in [0.2, 0.25) is 0 Å². The number of hydrogen-bond donors (Lipinski definition) is 1. The van der Waals surface area contributed by atoms with Crippen LogP contribution in [-0.4, -0.2) is 20.1 Å². The lowest BCUT2D eigenvalue weighted by Crippen LogP contribution is -3.10. The molecule has 1 heteroatoms. The van der Waals surface area contributed by atoms with Crippen LogP contribution in [0.25, 0.3) is 0 Å². The van der Waals surface area contributed by atoms with Crippen LogP contribution >= 0.6 is 0 Å². The van der Waals surface area contributed by atoms with Crippen LogP contribution in [0.4, 0.5) is 0 Å². The molecule has 1 heterocycles. The number of likely N-dealkylation sites (tertiary alicyclic amines) is 1. The molecule has 0 amide bonds. The van der Waals surface area contributed by atoms with Crippen LogP contribution in [0.3, 0.4) is 0 Å². The third kappa shape index (κ3) is 1.72. The van der Waals surface area contributed by atoms with Gasteiger partial charge in [0.1, 0.15) is 0 Å². The van der Waals surface area contributed by atoms with Gasteiger partial charge in [-0.2, -0.15) is 0 Å². The summed E-state index contributed by atoms with van der Waals surface area (Å²) in [7, 11) is 2.30. The summed E-state index contributed by atoms with van der Waals surface area (Å²) in [5.74, 6) is 0. The number of piperidine rings is 1. The molecule has 1 rings (SSSR count). The summed E-state index contributed by atoms with van der Waals surface area (Å²) < 4.78 is 0. The first kappa shape index (κ1) is 8.06. The number of rotatable bonds is 1. The van der Waals surface area contributed by atoms with Crippen LogP contribution in [0.15, 0.2) is 0 Å². The number of quaternary nitrogens is 1. The Morgan fingerprint density at radius 3 is 2.20 bits per heavy atom. The van der Waals surface area contributed by atoms with Crippen LogP contribution in [-0.2, 0) is 0 Å². The zero-order chi connectivity index (χ0) is 7.61. The summed E-state index contributed by atoms with van der Waals surface area (Å²) in [6, 6.07) is 0. The summed E-state index contributed by atoms with van der Waals surface area (Å²) in [5, 5.41) is 0. The minimum Gasteiger partial charge on any atom is -0.337 e. The fourth-order valence-corrected chi connectivity index (χ4v) is 1.63. The Labute approximate surface area is 64.4 Å². The molecule has 0 spiro atoms. The Hall–Kier alpha value is -0.0400. The van der Waals surface area contributed by atoms with Crippen LogP contribution < -0.4 is 4.90 Å². The molecule has 0 aliphatic carbocycles. The Kier molecular flexibility index (Phi) is 2.35. The summed E-state index contributed by atoms with van der Waals surface area (Å²) in [6.45, 7) is 7.51. The molecule has 1 N–H and O–H groups in total. The van der Waals surface area contributed by atoms with Gasteiger partial charge in [-0.25, -0.2) is 0 Å². The molecular weight excluding hydrogens is 122 g/mol. The lowest BCUT2D eigenvalue weighted by Gasteiger charge is -2.34. The lowest BCUT2D eigenvalue weighted by atomic mass is 9.78. The molecule has 1 saturated heterocycles. The van der Waals surface area contributed by atoms with Crippen molar-refractivity contribution in [1.82, 2.24) is 0 Å². The molecule has 0 saturated carbocycles. The van der Waals surface area contributed by atoms with E-state index in [9.17, 15) is 0 Å². The maximum atomic E-state index is 2.43.